The van der Waals surface area contributed by atoms with Crippen LogP contribution in [-0.2, 0) is 16.0 Å². The molecule has 0 spiro atoms. The monoisotopic (exact) mass is 421 g/mol. The normalized spacial score (nSPS) is 15.7. The lowest BCUT2D eigenvalue weighted by Crippen LogP contribution is -2.22. The maximum Gasteiger partial charge on any atom is 0.317 e. The zero-order valence-corrected chi connectivity index (χ0v) is 17.4. The number of carbonyl (C=O) groups is 2. The average molecular weight is 421 g/mol. The highest BCUT2D eigenvalue weighted by atomic mass is 16.5. The van der Waals surface area contributed by atoms with E-state index in [2.05, 4.69) is 30.7 Å². The summed E-state index contributed by atoms with van der Waals surface area (Å²) in [4.78, 5) is 25.4. The van der Waals surface area contributed by atoms with Gasteiger partial charge in [-0.1, -0.05) is 17.3 Å². The van der Waals surface area contributed by atoms with Crippen LogP contribution in [0.3, 0.4) is 0 Å². The second-order valence-electron chi connectivity index (χ2n) is 7.50. The van der Waals surface area contributed by atoms with E-state index in [1.54, 1.807) is 23.0 Å². The first kappa shape index (κ1) is 20.5. The van der Waals surface area contributed by atoms with Gasteiger partial charge in [0.15, 0.2) is 11.6 Å². The van der Waals surface area contributed by atoms with Crippen molar-refractivity contribution < 1.29 is 14.3 Å². The number of ether oxygens (including phenoxy) is 1. The maximum absolute atomic E-state index is 12.2. The molecule has 3 aromatic rings. The molecule has 160 valence electrons. The molecule has 31 heavy (non-hydrogen) atoms. The molecule has 2 aromatic heterocycles. The zero-order chi connectivity index (χ0) is 21.8. The summed E-state index contributed by atoms with van der Waals surface area (Å²) >= 11 is 0. The van der Waals surface area contributed by atoms with Crippen molar-refractivity contribution in [2.45, 2.75) is 32.7 Å². The first-order valence-corrected chi connectivity index (χ1v) is 10.0. The molecule has 4 rings (SSSR count). The van der Waals surface area contributed by atoms with Crippen LogP contribution in [0.1, 0.15) is 30.6 Å². The highest BCUT2D eigenvalue weighted by Crippen LogP contribution is 2.25. The lowest BCUT2D eigenvalue weighted by Gasteiger charge is -2.16. The van der Waals surface area contributed by atoms with Gasteiger partial charge in [0.05, 0.1) is 24.4 Å². The van der Waals surface area contributed by atoms with Crippen molar-refractivity contribution in [2.24, 2.45) is 0 Å². The van der Waals surface area contributed by atoms with Crippen LogP contribution in [0, 0.1) is 6.92 Å². The smallest absolute Gasteiger partial charge is 0.317 e. The highest BCUT2D eigenvalue weighted by Gasteiger charge is 2.26. The summed E-state index contributed by atoms with van der Waals surface area (Å²) in [5.41, 5.74) is 1.57. The van der Waals surface area contributed by atoms with Crippen LogP contribution in [-0.4, -0.2) is 50.2 Å². The van der Waals surface area contributed by atoms with E-state index in [1.807, 2.05) is 31.2 Å². The van der Waals surface area contributed by atoms with Gasteiger partial charge in [-0.2, -0.15) is 5.10 Å². The summed E-state index contributed by atoms with van der Waals surface area (Å²) < 4.78 is 7.12. The Morgan fingerprint density at radius 2 is 2.06 bits per heavy atom. The molecule has 10 heteroatoms. The van der Waals surface area contributed by atoms with Crippen LogP contribution < -0.4 is 15.0 Å². The molecule has 1 amide bonds. The Hall–Kier alpha value is -3.82. The molecule has 3 heterocycles. The number of nitrogens with one attached hydrogen (secondary N) is 1. The van der Waals surface area contributed by atoms with E-state index in [4.69, 9.17) is 4.74 Å². The number of rotatable bonds is 6. The van der Waals surface area contributed by atoms with E-state index < -0.39 is 0 Å². The Bertz CT molecular complexity index is 1080. The highest BCUT2D eigenvalue weighted by molar-refractivity contribution is 5.87. The number of hydrogen-bond donors (Lipinski definition) is 1. The van der Waals surface area contributed by atoms with E-state index in [9.17, 15) is 9.59 Å². The molecule has 1 saturated heterocycles. The predicted octanol–water partition coefficient (Wildman–Crippen LogP) is 1.93. The second-order valence-corrected chi connectivity index (χ2v) is 7.50. The molecule has 0 radical (unpaired) electrons. The molecule has 0 saturated carbocycles. The Balaban J connectivity index is 1.32. The van der Waals surface area contributed by atoms with Crippen LogP contribution >= 0.6 is 0 Å². The molecule has 1 atom stereocenters. The fourth-order valence-electron chi connectivity index (χ4n) is 3.47. The minimum absolute atomic E-state index is 0.0503. The molecular weight excluding hydrogens is 398 g/mol. The molecule has 10 nitrogen and oxygen atoms in total. The van der Waals surface area contributed by atoms with Gasteiger partial charge in [0, 0.05) is 20.0 Å². The van der Waals surface area contributed by atoms with Crippen molar-refractivity contribution >= 4 is 23.5 Å². The van der Waals surface area contributed by atoms with Crippen LogP contribution in [0.4, 0.5) is 11.6 Å². The summed E-state index contributed by atoms with van der Waals surface area (Å²) in [5, 5.41) is 19.1. The van der Waals surface area contributed by atoms with Crippen molar-refractivity contribution in [3.63, 3.8) is 0 Å². The summed E-state index contributed by atoms with van der Waals surface area (Å²) in [5.74, 6) is 1.13. The largest absolute Gasteiger partial charge is 0.426 e. The van der Waals surface area contributed by atoms with Crippen molar-refractivity contribution in [1.82, 2.24) is 25.2 Å². The number of esters is 1. The van der Waals surface area contributed by atoms with E-state index in [0.717, 1.165) is 24.3 Å². The number of hydrogen-bond acceptors (Lipinski definition) is 8. The lowest BCUT2D eigenvalue weighted by atomic mass is 10.2. The van der Waals surface area contributed by atoms with Gasteiger partial charge in [-0.05, 0) is 43.2 Å². The summed E-state index contributed by atoms with van der Waals surface area (Å²) in [6.45, 7) is 4.87. The fraction of sp³-hybridized carbons (Fsp3) is 0.333. The number of anilines is 2. The molecular formula is C21H23N7O3. The van der Waals surface area contributed by atoms with Crippen molar-refractivity contribution in [1.29, 1.82) is 0 Å². The number of amides is 1. The molecule has 0 bridgehead atoms. The van der Waals surface area contributed by atoms with E-state index in [0.29, 0.717) is 23.8 Å². The minimum Gasteiger partial charge on any atom is -0.426 e. The van der Waals surface area contributed by atoms with Crippen molar-refractivity contribution in [3.05, 3.63) is 53.9 Å². The molecule has 1 aromatic carbocycles. The third kappa shape index (κ3) is 5.21. The van der Waals surface area contributed by atoms with E-state index >= 15 is 0 Å². The predicted molar refractivity (Wildman–Crippen MR) is 113 cm³/mol. The van der Waals surface area contributed by atoms with Crippen LogP contribution in [0.2, 0.25) is 0 Å². The average Bonchev–Trinajstić information content (AvgIpc) is 3.38. The van der Waals surface area contributed by atoms with Gasteiger partial charge in [0.2, 0.25) is 5.91 Å². The topological polar surface area (TPSA) is 115 Å². The maximum atomic E-state index is 12.2. The standard InChI is InChI=1S/C21H23N7O3/c1-14-4-3-5-18(10-14)31-21(30)11-16-6-7-20(25-23-16)27-9-8-17(12-27)28-13-19(24-26-28)22-15(2)29/h3-7,10,13,17H,8-9,11-12H2,1-2H3,(H,22,29). The number of aryl methyl sites for hydroxylation is 1. The van der Waals surface area contributed by atoms with Gasteiger partial charge < -0.3 is 15.0 Å². The zero-order valence-electron chi connectivity index (χ0n) is 17.4. The summed E-state index contributed by atoms with van der Waals surface area (Å²) in [6, 6.07) is 11.1. The van der Waals surface area contributed by atoms with Gasteiger partial charge >= 0.3 is 5.97 Å². The van der Waals surface area contributed by atoms with Crippen LogP contribution in [0.15, 0.2) is 42.6 Å². The number of aromatic nitrogens is 5. The minimum atomic E-state index is -0.380. The van der Waals surface area contributed by atoms with Gasteiger partial charge in [-0.25, -0.2) is 4.68 Å². The Morgan fingerprint density at radius 3 is 2.81 bits per heavy atom. The SMILES string of the molecule is CC(=O)Nc1cn(C2CCN(c3ccc(CC(=O)Oc4cccc(C)c4)nn3)C2)nn1. The van der Waals surface area contributed by atoms with Gasteiger partial charge in [0.1, 0.15) is 5.75 Å². The Morgan fingerprint density at radius 1 is 1.19 bits per heavy atom. The lowest BCUT2D eigenvalue weighted by molar-refractivity contribution is -0.133. The molecule has 1 fully saturated rings. The summed E-state index contributed by atoms with van der Waals surface area (Å²) in [6.07, 6.45) is 2.65. The van der Waals surface area contributed by atoms with Crippen LogP contribution in [0.5, 0.6) is 5.75 Å². The number of carbonyl (C=O) groups excluding carboxylic acids is 2. The number of nitrogens with zero attached hydrogens (tertiary/aromatic N) is 6. The molecule has 1 N–H and O–H groups in total. The number of benzene rings is 1. The third-order valence-corrected chi connectivity index (χ3v) is 4.93. The molecule has 1 aliphatic rings. The van der Waals surface area contributed by atoms with Crippen molar-refractivity contribution in [3.8, 4) is 5.75 Å². The van der Waals surface area contributed by atoms with E-state index in [-0.39, 0.29) is 24.3 Å². The fourth-order valence-corrected chi connectivity index (χ4v) is 3.47. The Kier molecular flexibility index (Phi) is 5.87. The molecule has 1 unspecified atom stereocenters. The van der Waals surface area contributed by atoms with Gasteiger partial charge in [-0.3, -0.25) is 9.59 Å². The third-order valence-electron chi connectivity index (χ3n) is 4.93. The first-order valence-electron chi connectivity index (χ1n) is 10.0. The molecule has 0 aliphatic carbocycles. The second kappa shape index (κ2) is 8.90. The van der Waals surface area contributed by atoms with Gasteiger partial charge in [0.25, 0.3) is 0 Å². The van der Waals surface area contributed by atoms with Gasteiger partial charge in [-0.15, -0.1) is 10.2 Å². The Labute approximate surface area is 179 Å². The molecule has 1 aliphatic heterocycles. The summed E-state index contributed by atoms with van der Waals surface area (Å²) in [7, 11) is 0. The van der Waals surface area contributed by atoms with Crippen molar-refractivity contribution in [2.75, 3.05) is 23.3 Å². The van der Waals surface area contributed by atoms with E-state index in [1.165, 1.54) is 6.92 Å². The first-order chi connectivity index (χ1) is 15.0. The van der Waals surface area contributed by atoms with Crippen LogP contribution in [0.25, 0.3) is 0 Å². The quantitative estimate of drug-likeness (QED) is 0.474.